The summed E-state index contributed by atoms with van der Waals surface area (Å²) in [5.41, 5.74) is 12.7. The van der Waals surface area contributed by atoms with Gasteiger partial charge in [-0.15, -0.1) is 0 Å². The van der Waals surface area contributed by atoms with E-state index in [1.807, 2.05) is 0 Å². The Kier molecular flexibility index (Phi) is 11.8. The molecule has 0 spiro atoms. The van der Waals surface area contributed by atoms with Crippen LogP contribution in [0.1, 0.15) is 23.1 Å². The topological polar surface area (TPSA) is 234 Å². The maximum atomic E-state index is 13.6. The van der Waals surface area contributed by atoms with Gasteiger partial charge in [0.15, 0.2) is 0 Å². The van der Waals surface area contributed by atoms with Crippen LogP contribution in [-0.4, -0.2) is 69.1 Å². The van der Waals surface area contributed by atoms with E-state index in [0.29, 0.717) is 16.7 Å². The number of benzene rings is 3. The van der Waals surface area contributed by atoms with Crippen molar-refractivity contribution in [2.75, 3.05) is 0 Å². The summed E-state index contributed by atoms with van der Waals surface area (Å²) in [4.78, 5) is 63.2. The highest BCUT2D eigenvalue weighted by Crippen LogP contribution is 2.14. The van der Waals surface area contributed by atoms with E-state index >= 15 is 0 Å². The summed E-state index contributed by atoms with van der Waals surface area (Å²) < 4.78 is 0. The number of amides is 4. The SMILES string of the molecule is NC(=O)CC(N)C(=O)NC(Cc1ccccc1)C(=O)NC(Cc1ccc(O)cc1)C(=O)NC(Cc1ccc(O)cc1)C(=O)O. The predicted molar refractivity (Wildman–Crippen MR) is 159 cm³/mol. The van der Waals surface area contributed by atoms with Crippen molar-refractivity contribution in [3.05, 3.63) is 95.6 Å². The van der Waals surface area contributed by atoms with Crippen molar-refractivity contribution in [3.8, 4) is 11.5 Å². The summed E-state index contributed by atoms with van der Waals surface area (Å²) in [7, 11) is 0. The summed E-state index contributed by atoms with van der Waals surface area (Å²) in [6.45, 7) is 0. The molecule has 0 saturated heterocycles. The van der Waals surface area contributed by atoms with Gasteiger partial charge in [-0.1, -0.05) is 54.6 Å². The highest BCUT2D eigenvalue weighted by atomic mass is 16.4. The normalized spacial score (nSPS) is 13.5. The van der Waals surface area contributed by atoms with Crippen LogP contribution >= 0.6 is 0 Å². The van der Waals surface area contributed by atoms with E-state index in [1.165, 1.54) is 36.4 Å². The van der Waals surface area contributed by atoms with Gasteiger partial charge in [-0.05, 0) is 41.0 Å². The fraction of sp³-hybridized carbons (Fsp3) is 0.258. The Labute approximate surface area is 253 Å². The minimum absolute atomic E-state index is 0.00549. The largest absolute Gasteiger partial charge is 0.508 e. The number of carbonyl (C=O) groups is 5. The zero-order chi connectivity index (χ0) is 32.2. The van der Waals surface area contributed by atoms with Gasteiger partial charge >= 0.3 is 5.97 Å². The maximum absolute atomic E-state index is 13.6. The van der Waals surface area contributed by atoms with Crippen molar-refractivity contribution < 1.29 is 39.3 Å². The number of aromatic hydroxyl groups is 2. The molecular formula is C31H35N5O8. The summed E-state index contributed by atoms with van der Waals surface area (Å²) in [5, 5.41) is 36.6. The fourth-order valence-electron chi connectivity index (χ4n) is 4.34. The smallest absolute Gasteiger partial charge is 0.326 e. The van der Waals surface area contributed by atoms with Gasteiger partial charge in [0.2, 0.25) is 23.6 Å². The Balaban J connectivity index is 1.86. The second-order valence-corrected chi connectivity index (χ2v) is 10.2. The zero-order valence-electron chi connectivity index (χ0n) is 23.7. The summed E-state index contributed by atoms with van der Waals surface area (Å²) >= 11 is 0. The Hall–Kier alpha value is -5.43. The monoisotopic (exact) mass is 605 g/mol. The van der Waals surface area contributed by atoms with Gasteiger partial charge in [0.25, 0.3) is 0 Å². The lowest BCUT2D eigenvalue weighted by Crippen LogP contribution is -2.58. The van der Waals surface area contributed by atoms with Crippen molar-refractivity contribution in [2.24, 2.45) is 11.5 Å². The number of carboxylic acid groups (broad SMARTS) is 1. The molecule has 0 aliphatic heterocycles. The van der Waals surface area contributed by atoms with Crippen molar-refractivity contribution in [1.29, 1.82) is 0 Å². The minimum Gasteiger partial charge on any atom is -0.508 e. The van der Waals surface area contributed by atoms with Crippen molar-refractivity contribution in [1.82, 2.24) is 16.0 Å². The number of hydrogen-bond acceptors (Lipinski definition) is 8. The lowest BCUT2D eigenvalue weighted by atomic mass is 10.0. The molecule has 0 heterocycles. The predicted octanol–water partition coefficient (Wildman–Crippen LogP) is -0.133. The summed E-state index contributed by atoms with van der Waals surface area (Å²) in [6.07, 6.45) is -0.634. The van der Waals surface area contributed by atoms with Crippen molar-refractivity contribution >= 4 is 29.6 Å². The van der Waals surface area contributed by atoms with Crippen LogP contribution in [0.3, 0.4) is 0 Å². The highest BCUT2D eigenvalue weighted by molar-refractivity contribution is 5.95. The lowest BCUT2D eigenvalue weighted by molar-refractivity contribution is -0.142. The second-order valence-electron chi connectivity index (χ2n) is 10.2. The third-order valence-electron chi connectivity index (χ3n) is 6.67. The van der Waals surface area contributed by atoms with Crippen LogP contribution in [0.15, 0.2) is 78.9 Å². The molecule has 0 saturated carbocycles. The quantitative estimate of drug-likeness (QED) is 0.115. The molecule has 0 bridgehead atoms. The molecule has 232 valence electrons. The number of carboxylic acids is 1. The lowest BCUT2D eigenvalue weighted by Gasteiger charge is -2.25. The molecule has 13 nitrogen and oxygen atoms in total. The van der Waals surface area contributed by atoms with Crippen molar-refractivity contribution in [2.45, 2.75) is 49.9 Å². The molecule has 0 aliphatic carbocycles. The van der Waals surface area contributed by atoms with Crippen LogP contribution < -0.4 is 27.4 Å². The third-order valence-corrected chi connectivity index (χ3v) is 6.67. The maximum Gasteiger partial charge on any atom is 0.326 e. The first-order chi connectivity index (χ1) is 20.9. The van der Waals surface area contributed by atoms with Crippen LogP contribution in [0.4, 0.5) is 0 Å². The van der Waals surface area contributed by atoms with Gasteiger partial charge in [-0.25, -0.2) is 4.79 Å². The molecule has 3 aromatic carbocycles. The zero-order valence-corrected chi connectivity index (χ0v) is 23.7. The Morgan fingerprint density at radius 2 is 0.977 bits per heavy atom. The summed E-state index contributed by atoms with van der Waals surface area (Å²) in [6, 6.07) is 15.2. The molecule has 0 aliphatic rings. The number of phenolic OH excluding ortho intramolecular Hbond substituents is 2. The standard InChI is InChI=1S/C31H35N5O8/c32-23(17-27(33)39)28(40)34-24(14-18-4-2-1-3-5-18)29(41)35-25(15-19-6-10-21(37)11-7-19)30(42)36-26(31(43)44)16-20-8-12-22(38)13-9-20/h1-13,23-26,37-38H,14-17,32H2,(H2,33,39)(H,34,40)(H,35,41)(H,36,42)(H,43,44). The first kappa shape index (κ1) is 33.1. The molecule has 4 amide bonds. The second kappa shape index (κ2) is 15.7. The number of carbonyl (C=O) groups excluding carboxylic acids is 4. The van der Waals surface area contributed by atoms with E-state index in [2.05, 4.69) is 16.0 Å². The van der Waals surface area contributed by atoms with Gasteiger partial charge in [-0.2, -0.15) is 0 Å². The molecule has 0 fully saturated rings. The van der Waals surface area contributed by atoms with E-state index in [0.717, 1.165) is 0 Å². The Morgan fingerprint density at radius 1 is 0.591 bits per heavy atom. The van der Waals surface area contributed by atoms with Crippen LogP contribution in [-0.2, 0) is 43.2 Å². The average molecular weight is 606 g/mol. The molecule has 44 heavy (non-hydrogen) atoms. The Morgan fingerprint density at radius 3 is 1.41 bits per heavy atom. The molecule has 4 atom stereocenters. The minimum atomic E-state index is -1.38. The van der Waals surface area contributed by atoms with Crippen LogP contribution in [0.25, 0.3) is 0 Å². The molecular weight excluding hydrogens is 570 g/mol. The molecule has 4 unspecified atom stereocenters. The number of hydrogen-bond donors (Lipinski definition) is 8. The molecule has 13 heteroatoms. The van der Waals surface area contributed by atoms with Gasteiger partial charge < -0.3 is 42.7 Å². The average Bonchev–Trinajstić information content (AvgIpc) is 2.98. The fourth-order valence-corrected chi connectivity index (χ4v) is 4.34. The molecule has 3 aromatic rings. The van der Waals surface area contributed by atoms with Gasteiger partial charge in [0, 0.05) is 19.3 Å². The van der Waals surface area contributed by atoms with E-state index < -0.39 is 60.2 Å². The van der Waals surface area contributed by atoms with Gasteiger partial charge in [0.05, 0.1) is 12.5 Å². The summed E-state index contributed by atoms with van der Waals surface area (Å²) in [5.74, 6) is -4.53. The molecule has 0 radical (unpaired) electrons. The first-order valence-corrected chi connectivity index (χ1v) is 13.7. The van der Waals surface area contributed by atoms with E-state index in [1.54, 1.807) is 42.5 Å². The third kappa shape index (κ3) is 10.4. The van der Waals surface area contributed by atoms with Crippen LogP contribution in [0.5, 0.6) is 11.5 Å². The van der Waals surface area contributed by atoms with Crippen LogP contribution in [0, 0.1) is 0 Å². The highest BCUT2D eigenvalue weighted by Gasteiger charge is 2.31. The molecule has 3 rings (SSSR count). The number of nitrogens with two attached hydrogens (primary N) is 2. The van der Waals surface area contributed by atoms with E-state index in [4.69, 9.17) is 11.5 Å². The van der Waals surface area contributed by atoms with Crippen molar-refractivity contribution in [3.63, 3.8) is 0 Å². The number of phenols is 2. The van der Waals surface area contributed by atoms with Gasteiger partial charge in [-0.3, -0.25) is 19.2 Å². The number of primary amides is 1. The number of aliphatic carboxylic acids is 1. The van der Waals surface area contributed by atoms with E-state index in [-0.39, 0.29) is 30.8 Å². The number of rotatable bonds is 15. The number of nitrogens with one attached hydrogen (secondary N) is 3. The first-order valence-electron chi connectivity index (χ1n) is 13.7. The van der Waals surface area contributed by atoms with Gasteiger partial charge in [0.1, 0.15) is 29.6 Å². The molecule has 10 N–H and O–H groups in total. The molecule has 0 aromatic heterocycles. The van der Waals surface area contributed by atoms with Crippen LogP contribution in [0.2, 0.25) is 0 Å². The Bertz CT molecular complexity index is 1450. The van der Waals surface area contributed by atoms with E-state index in [9.17, 15) is 39.3 Å².